The van der Waals surface area contributed by atoms with Gasteiger partial charge in [0.15, 0.2) is 12.6 Å². The number of hydrogen-bond donors (Lipinski definition) is 14. The van der Waals surface area contributed by atoms with Gasteiger partial charge in [0, 0.05) is 60.6 Å². The number of nitrogens with one attached hydrogen (secondary N) is 10. The maximum atomic E-state index is 14.7. The lowest BCUT2D eigenvalue weighted by Crippen LogP contribution is -2.62. The summed E-state index contributed by atoms with van der Waals surface area (Å²) in [6.07, 6.45) is -2.17. The topological polar surface area (TPSA) is 429 Å². The molecule has 0 aliphatic carbocycles. The smallest absolute Gasteiger partial charge is 0.431 e. The minimum absolute atomic E-state index is 0.266. The second-order valence-corrected chi connectivity index (χ2v) is 22.6. The molecule has 1 fully saturated rings. The number of hydrogen-bond acceptors (Lipinski definition) is 17. The molecular weight excluding hydrogens is 1100 g/mol. The van der Waals surface area contributed by atoms with Crippen molar-refractivity contribution >= 4 is 87.8 Å². The van der Waals surface area contributed by atoms with Crippen molar-refractivity contribution in [3.63, 3.8) is 0 Å². The van der Waals surface area contributed by atoms with Crippen LogP contribution in [0.5, 0.6) is 5.75 Å². The van der Waals surface area contributed by atoms with Crippen LogP contribution in [0.2, 0.25) is 0 Å². The third-order valence-electron chi connectivity index (χ3n) is 13.8. The minimum atomic E-state index is -1.77. The van der Waals surface area contributed by atoms with E-state index < -0.39 is 170 Å². The van der Waals surface area contributed by atoms with Crippen molar-refractivity contribution in [1.29, 1.82) is 0 Å². The highest BCUT2D eigenvalue weighted by Gasteiger charge is 2.45. The number of primary amides is 1. The molecule has 2 bridgehead atoms. The number of fused-ring (bicyclic) bond motifs is 5. The molecule has 10 atom stereocenters. The lowest BCUT2D eigenvalue weighted by molar-refractivity contribution is -0.144. The zero-order chi connectivity index (χ0) is 60.4. The number of aromatic nitrogens is 1. The summed E-state index contributed by atoms with van der Waals surface area (Å²) in [6.45, 7) is 7.34. The molecule has 2 aromatic rings. The Hall–Kier alpha value is -7.28. The molecule has 1 aromatic carbocycles. The van der Waals surface area contributed by atoms with Gasteiger partial charge < -0.3 is 82.9 Å². The van der Waals surface area contributed by atoms with Crippen LogP contribution in [-0.2, 0) is 75.7 Å². The van der Waals surface area contributed by atoms with Crippen molar-refractivity contribution in [3.05, 3.63) is 23.8 Å². The van der Waals surface area contributed by atoms with E-state index in [1.165, 1.54) is 6.92 Å². The number of carbonyl (C=O) groups is 11. The average molecular weight is 1180 g/mol. The third kappa shape index (κ3) is 19.4. The number of aliphatic hydroxyl groups excluding tert-OH is 3. The monoisotopic (exact) mass is 1180 g/mol. The second kappa shape index (κ2) is 30.7. The van der Waals surface area contributed by atoms with Crippen LogP contribution in [0, 0.1) is 11.8 Å². The van der Waals surface area contributed by atoms with Crippen molar-refractivity contribution < 1.29 is 82.4 Å². The van der Waals surface area contributed by atoms with Crippen molar-refractivity contribution in [1.82, 2.24) is 57.9 Å². The number of nitrogens with two attached hydrogens (primary N) is 1. The van der Waals surface area contributed by atoms with Gasteiger partial charge in [0.25, 0.3) is 0 Å². The summed E-state index contributed by atoms with van der Waals surface area (Å²) in [4.78, 5) is 159. The summed E-state index contributed by atoms with van der Waals surface area (Å²) in [5.74, 6) is -10.6. The number of carbonyl (C=O) groups excluding carboxylic acids is 11. The van der Waals surface area contributed by atoms with Crippen molar-refractivity contribution in [2.75, 3.05) is 51.8 Å². The van der Waals surface area contributed by atoms with Crippen LogP contribution in [0.4, 0.5) is 4.79 Å². The molecule has 1 saturated heterocycles. The summed E-state index contributed by atoms with van der Waals surface area (Å²) >= 11 is 0.266. The van der Waals surface area contributed by atoms with Gasteiger partial charge in [-0.3, -0.25) is 52.8 Å². The highest BCUT2D eigenvalue weighted by molar-refractivity contribution is 7.78. The van der Waals surface area contributed by atoms with Gasteiger partial charge in [-0.1, -0.05) is 40.0 Å². The molecule has 4 heterocycles. The van der Waals surface area contributed by atoms with E-state index in [4.69, 9.17) is 20.0 Å². The van der Waals surface area contributed by atoms with Gasteiger partial charge >= 0.3 is 6.09 Å². The van der Waals surface area contributed by atoms with Crippen molar-refractivity contribution in [2.45, 2.75) is 152 Å². The molecule has 0 saturated carbocycles. The Labute approximate surface area is 477 Å². The molecule has 82 heavy (non-hydrogen) atoms. The maximum absolute atomic E-state index is 14.7. The summed E-state index contributed by atoms with van der Waals surface area (Å²) in [5, 5.41) is 53.1. The van der Waals surface area contributed by atoms with Crippen LogP contribution < -0.4 is 58.5 Å². The average Bonchev–Trinajstić information content (AvgIpc) is 4.01. The zero-order valence-electron chi connectivity index (χ0n) is 46.8. The predicted molar refractivity (Wildman–Crippen MR) is 294 cm³/mol. The highest BCUT2D eigenvalue weighted by Crippen LogP contribution is 2.30. The number of aromatic amines is 1. The van der Waals surface area contributed by atoms with Crippen LogP contribution in [0.3, 0.4) is 0 Å². The summed E-state index contributed by atoms with van der Waals surface area (Å²) in [6, 6.07) is -4.32. The summed E-state index contributed by atoms with van der Waals surface area (Å²) in [7, 11) is 0. The standard InChI is InChI=1S/C52H78N12O17S/c1-7-26(2)42-47(75)56-20-39(69)57-35-25-82-49-31(30-13-12-29(17-32(30)60-49)79-15-11-9-8-10-14-54-41(71)24-80-63-51(78)81-52(4,5)6)18-33(44(72)55-21-40(70)61-42)58-48(76)43(27(3)37(67)23-65)62-46(74)36-16-28(66)22-64(36)50(77)34(19-38(53)68)59-45(35)73/h12-13,17,26-28,33-37,42-43,60,65-67H,7-11,14-16,18-25H2,1-6H3,(H2,53,68)(H,54,71)(H,55,72)(H,56,75)(H,57,69)(H,58,76)(H,59,73)(H,61,70)(H,62,74)(H,63,78)/p+1/t26-,27-,28+,33+,34-,35-,36-,37-,42-,43-/m0/s1. The number of unbranched alkanes of at least 4 members (excludes halogenated alkanes) is 3. The minimum Gasteiger partial charge on any atom is -0.494 e. The summed E-state index contributed by atoms with van der Waals surface area (Å²) in [5.41, 5.74) is 7.75. The maximum Gasteiger partial charge on any atom is 0.431 e. The van der Waals surface area contributed by atoms with Crippen LogP contribution >= 0.6 is 0 Å². The first-order valence-electron chi connectivity index (χ1n) is 27.2. The van der Waals surface area contributed by atoms with Crippen LogP contribution in [-0.4, -0.2) is 196 Å². The molecule has 5 rings (SSSR count). The van der Waals surface area contributed by atoms with Crippen LogP contribution in [0.25, 0.3) is 10.9 Å². The lowest BCUT2D eigenvalue weighted by Gasteiger charge is -2.32. The largest absolute Gasteiger partial charge is 0.494 e. The summed E-state index contributed by atoms with van der Waals surface area (Å²) < 4.78 is 11.2. The number of ether oxygens (including phenoxy) is 2. The number of amides is 11. The molecule has 0 radical (unpaired) electrons. The molecule has 1 aromatic heterocycles. The molecule has 0 spiro atoms. The van der Waals surface area contributed by atoms with E-state index in [9.17, 15) is 68.1 Å². The predicted octanol–water partition coefficient (Wildman–Crippen LogP) is -4.05. The molecule has 30 heteroatoms. The van der Waals surface area contributed by atoms with Gasteiger partial charge in [-0.2, -0.15) is 5.48 Å². The number of rotatable bonds is 18. The van der Waals surface area contributed by atoms with Crippen LogP contribution in [0.15, 0.2) is 23.2 Å². The number of hydroxylamine groups is 1. The second-order valence-electron chi connectivity index (χ2n) is 21.5. The SMILES string of the molecule is CC[C@H](C)[C@@H]1NC(=O)CNC(=O)[C@H]2Cc3c([nH]c4cc(OCCCCCCNC(=O)CONC(=O)OC(C)(C)C)ccc34)[SH+]C[C@H](NC(=O)CNC1=O)C(=O)N[C@@H](CC(N)=O)C(=O)N1C[C@H](O)C[C@H]1C(=O)N[C@@H]([C@@H](C)[C@@H](O)CO)C(=O)N2. The Morgan fingerprint density at radius 2 is 1.55 bits per heavy atom. The van der Waals surface area contributed by atoms with E-state index in [1.54, 1.807) is 52.8 Å². The van der Waals surface area contributed by atoms with E-state index in [-0.39, 0.29) is 37.0 Å². The fraction of sp³-hybridized carbons (Fsp3) is 0.635. The molecule has 29 nitrogen and oxygen atoms in total. The Balaban J connectivity index is 1.50. The molecular formula is C52H79N12O17S+. The Kier molecular flexibility index (Phi) is 24.5. The molecule has 15 N–H and O–H groups in total. The molecule has 454 valence electrons. The van der Waals surface area contributed by atoms with Gasteiger partial charge in [0.1, 0.15) is 47.3 Å². The molecule has 0 unspecified atom stereocenters. The van der Waals surface area contributed by atoms with Gasteiger partial charge in [-0.05, 0) is 51.7 Å². The van der Waals surface area contributed by atoms with Crippen LogP contribution in [0.1, 0.15) is 92.1 Å². The Morgan fingerprint density at radius 3 is 2.23 bits per heavy atom. The number of thiol groups is 1. The highest BCUT2D eigenvalue weighted by atomic mass is 32.2. The normalized spacial score (nSPS) is 23.9. The van der Waals surface area contributed by atoms with Crippen molar-refractivity contribution in [3.8, 4) is 5.75 Å². The first-order chi connectivity index (χ1) is 38.8. The first-order valence-corrected chi connectivity index (χ1v) is 28.3. The van der Waals surface area contributed by atoms with E-state index in [0.29, 0.717) is 53.0 Å². The number of benzene rings is 1. The van der Waals surface area contributed by atoms with E-state index >= 15 is 0 Å². The molecule has 3 aliphatic rings. The number of H-pyrrole nitrogens is 1. The van der Waals surface area contributed by atoms with Gasteiger partial charge in [-0.15, -0.1) is 0 Å². The molecule has 11 amide bonds. The quantitative estimate of drug-likeness (QED) is 0.0292. The fourth-order valence-electron chi connectivity index (χ4n) is 9.21. The molecule has 3 aliphatic heterocycles. The van der Waals surface area contributed by atoms with Gasteiger partial charge in [-0.25, -0.2) is 4.79 Å². The number of aliphatic hydroxyl groups is 3. The van der Waals surface area contributed by atoms with E-state index in [1.807, 2.05) is 0 Å². The Morgan fingerprint density at radius 1 is 0.854 bits per heavy atom. The van der Waals surface area contributed by atoms with Gasteiger partial charge in [0.05, 0.1) is 50.4 Å². The van der Waals surface area contributed by atoms with E-state index in [0.717, 1.165) is 17.7 Å². The third-order valence-corrected chi connectivity index (χ3v) is 15.1. The lowest BCUT2D eigenvalue weighted by atomic mass is 9.93. The first kappa shape index (κ1) is 65.5. The van der Waals surface area contributed by atoms with Gasteiger partial charge in [0.2, 0.25) is 64.1 Å². The zero-order valence-corrected chi connectivity index (χ0v) is 47.7. The fourth-order valence-corrected chi connectivity index (χ4v) is 10.4. The Bertz CT molecular complexity index is 2650. The number of nitrogens with zero attached hydrogens (tertiary/aromatic N) is 1. The van der Waals surface area contributed by atoms with E-state index in [2.05, 4.69) is 53.0 Å². The van der Waals surface area contributed by atoms with Crippen molar-refractivity contribution in [2.24, 2.45) is 17.6 Å².